The summed E-state index contributed by atoms with van der Waals surface area (Å²) in [7, 11) is 0. The van der Waals surface area contributed by atoms with Gasteiger partial charge in [-0.2, -0.15) is 0 Å². The maximum atomic E-state index is 10.3. The smallest absolute Gasteiger partial charge is 0.330 e. The van der Waals surface area contributed by atoms with Crippen LogP contribution >= 0.6 is 0 Å². The third-order valence-electron chi connectivity index (χ3n) is 2.02. The van der Waals surface area contributed by atoms with Gasteiger partial charge in [-0.25, -0.2) is 9.59 Å². The van der Waals surface area contributed by atoms with Gasteiger partial charge in [0.15, 0.2) is 0 Å². The molecular formula is C17H24O4. The number of ether oxygens (including phenoxy) is 1. The highest BCUT2D eigenvalue weighted by molar-refractivity contribution is 5.81. The molecule has 4 nitrogen and oxygen atoms in total. The molecule has 21 heavy (non-hydrogen) atoms. The molecule has 0 bridgehead atoms. The van der Waals surface area contributed by atoms with Gasteiger partial charge in [0.2, 0.25) is 0 Å². The van der Waals surface area contributed by atoms with E-state index in [4.69, 9.17) is 5.11 Å². The van der Waals surface area contributed by atoms with Crippen molar-refractivity contribution < 1.29 is 19.4 Å². The molecule has 0 aliphatic rings. The Balaban J connectivity index is 0. The minimum Gasteiger partial charge on any atom is -0.478 e. The molecule has 1 aromatic carbocycles. The molecule has 1 aromatic rings. The van der Waals surface area contributed by atoms with E-state index < -0.39 is 5.97 Å². The van der Waals surface area contributed by atoms with Crippen molar-refractivity contribution in [3.05, 3.63) is 61.2 Å². The van der Waals surface area contributed by atoms with Gasteiger partial charge in [0.05, 0.1) is 6.61 Å². The van der Waals surface area contributed by atoms with E-state index >= 15 is 0 Å². The Morgan fingerprint density at radius 1 is 1.19 bits per heavy atom. The largest absolute Gasteiger partial charge is 0.478 e. The van der Waals surface area contributed by atoms with Crippen molar-refractivity contribution in [3.8, 4) is 0 Å². The summed E-state index contributed by atoms with van der Waals surface area (Å²) < 4.78 is 4.67. The van der Waals surface area contributed by atoms with E-state index in [0.29, 0.717) is 6.61 Å². The lowest BCUT2D eigenvalue weighted by atomic mass is 10.2. The Labute approximate surface area is 126 Å². The number of carbonyl (C=O) groups is 2. The summed E-state index contributed by atoms with van der Waals surface area (Å²) in [6.45, 7) is 10.9. The first-order chi connectivity index (χ1) is 9.97. The van der Waals surface area contributed by atoms with Crippen LogP contribution in [0.3, 0.4) is 0 Å². The van der Waals surface area contributed by atoms with Crippen LogP contribution in [0.15, 0.2) is 55.6 Å². The molecule has 0 saturated heterocycles. The van der Waals surface area contributed by atoms with E-state index in [1.807, 2.05) is 25.1 Å². The molecule has 0 saturated carbocycles. The average molecular weight is 292 g/mol. The number of aryl methyl sites for hydroxylation is 1. The lowest BCUT2D eigenvalue weighted by molar-refractivity contribution is -0.137. The number of unbranched alkanes of at least 4 members (excludes halogenated alkanes) is 1. The number of carboxylic acids is 1. The van der Waals surface area contributed by atoms with Gasteiger partial charge in [0.1, 0.15) is 0 Å². The van der Waals surface area contributed by atoms with E-state index in [1.165, 1.54) is 11.6 Å². The third kappa shape index (κ3) is 20.1. The Morgan fingerprint density at radius 3 is 2.00 bits per heavy atom. The first-order valence-corrected chi connectivity index (χ1v) is 6.64. The molecule has 1 rings (SSSR count). The van der Waals surface area contributed by atoms with E-state index in [0.717, 1.165) is 18.9 Å². The van der Waals surface area contributed by atoms with Crippen molar-refractivity contribution in [3.63, 3.8) is 0 Å². The molecule has 0 unspecified atom stereocenters. The molecule has 116 valence electrons. The summed E-state index contributed by atoms with van der Waals surface area (Å²) in [5, 5.41) is 7.60. The summed E-state index contributed by atoms with van der Waals surface area (Å²) in [4.78, 5) is 19.6. The summed E-state index contributed by atoms with van der Waals surface area (Å²) in [6.07, 6.45) is 3.99. The maximum absolute atomic E-state index is 10.3. The van der Waals surface area contributed by atoms with Crippen LogP contribution in [0.25, 0.3) is 0 Å². The molecule has 0 aliphatic heterocycles. The van der Waals surface area contributed by atoms with Gasteiger partial charge in [-0.3, -0.25) is 0 Å². The molecular weight excluding hydrogens is 268 g/mol. The maximum Gasteiger partial charge on any atom is 0.330 e. The van der Waals surface area contributed by atoms with E-state index in [1.54, 1.807) is 0 Å². The zero-order valence-electron chi connectivity index (χ0n) is 12.7. The standard InChI is InChI=1S/C7H12O2.C7H8.C3H4O2/c1-3-5-6-9-7(8)4-2;1-7-5-3-2-4-6-7;1-2-3(4)5/h4H,2-3,5-6H2,1H3;2-6H,1H3;2H,1H2,(H,4,5). The molecule has 0 heterocycles. The SMILES string of the molecule is C=CC(=O)O.C=CC(=O)OCCCC.Cc1ccccc1. The average Bonchev–Trinajstić information content (AvgIpc) is 2.49. The molecule has 0 atom stereocenters. The topological polar surface area (TPSA) is 63.6 Å². The van der Waals surface area contributed by atoms with Gasteiger partial charge in [0, 0.05) is 12.2 Å². The van der Waals surface area contributed by atoms with E-state index in [9.17, 15) is 9.59 Å². The molecule has 4 heteroatoms. The summed E-state index contributed by atoms with van der Waals surface area (Å²) >= 11 is 0. The Bertz CT molecular complexity index is 410. The number of benzene rings is 1. The van der Waals surface area contributed by atoms with E-state index in [-0.39, 0.29) is 5.97 Å². The van der Waals surface area contributed by atoms with Gasteiger partial charge in [-0.05, 0) is 13.3 Å². The quantitative estimate of drug-likeness (QED) is 0.510. The van der Waals surface area contributed by atoms with Gasteiger partial charge < -0.3 is 9.84 Å². The van der Waals surface area contributed by atoms with Gasteiger partial charge >= 0.3 is 11.9 Å². The highest BCUT2D eigenvalue weighted by Gasteiger charge is 1.91. The highest BCUT2D eigenvalue weighted by Crippen LogP contribution is 1.92. The molecule has 0 fully saturated rings. The molecule has 0 radical (unpaired) electrons. The van der Waals surface area contributed by atoms with Crippen molar-refractivity contribution in [1.82, 2.24) is 0 Å². The minimum absolute atomic E-state index is 0.330. The number of esters is 1. The lowest BCUT2D eigenvalue weighted by Crippen LogP contribution is -2.00. The monoisotopic (exact) mass is 292 g/mol. The molecule has 0 aromatic heterocycles. The number of hydrogen-bond donors (Lipinski definition) is 1. The Morgan fingerprint density at radius 2 is 1.71 bits per heavy atom. The predicted molar refractivity (Wildman–Crippen MR) is 85.1 cm³/mol. The number of rotatable bonds is 5. The van der Waals surface area contributed by atoms with Crippen LogP contribution in [-0.4, -0.2) is 23.7 Å². The molecule has 1 N–H and O–H groups in total. The number of carbonyl (C=O) groups excluding carboxylic acids is 1. The zero-order chi connectivity index (χ0) is 16.5. The second-order valence-corrected chi connectivity index (χ2v) is 3.92. The number of carboxylic acid groups (broad SMARTS) is 1. The normalized spacial score (nSPS) is 8.10. The van der Waals surface area contributed by atoms with Crippen LogP contribution in [-0.2, 0) is 14.3 Å². The molecule has 0 amide bonds. The minimum atomic E-state index is -0.981. The van der Waals surface area contributed by atoms with Crippen LogP contribution in [0, 0.1) is 6.92 Å². The Kier molecular flexibility index (Phi) is 15.7. The predicted octanol–water partition coefficient (Wildman–Crippen LogP) is 3.77. The van der Waals surface area contributed by atoms with Crippen molar-refractivity contribution >= 4 is 11.9 Å². The van der Waals surface area contributed by atoms with Gasteiger partial charge in [-0.15, -0.1) is 0 Å². The lowest BCUT2D eigenvalue weighted by Gasteiger charge is -1.97. The number of aliphatic carboxylic acids is 1. The summed E-state index contributed by atoms with van der Waals surface area (Å²) in [5.41, 5.74) is 1.32. The molecule has 0 aliphatic carbocycles. The van der Waals surface area contributed by atoms with Gasteiger partial charge in [-0.1, -0.05) is 62.4 Å². The van der Waals surface area contributed by atoms with E-state index in [2.05, 4.69) is 37.0 Å². The van der Waals surface area contributed by atoms with Crippen LogP contribution in [0.4, 0.5) is 0 Å². The fourth-order valence-electron chi connectivity index (χ4n) is 0.910. The third-order valence-corrected chi connectivity index (χ3v) is 2.02. The second-order valence-electron chi connectivity index (χ2n) is 3.92. The zero-order valence-corrected chi connectivity index (χ0v) is 12.7. The van der Waals surface area contributed by atoms with Crippen molar-refractivity contribution in [2.75, 3.05) is 6.61 Å². The van der Waals surface area contributed by atoms with Crippen LogP contribution in [0.1, 0.15) is 25.3 Å². The second kappa shape index (κ2) is 15.7. The first kappa shape index (κ1) is 20.9. The first-order valence-electron chi connectivity index (χ1n) is 6.64. The fourth-order valence-corrected chi connectivity index (χ4v) is 0.910. The van der Waals surface area contributed by atoms with Gasteiger partial charge in [0.25, 0.3) is 0 Å². The van der Waals surface area contributed by atoms with Crippen LogP contribution in [0.5, 0.6) is 0 Å². The summed E-state index contributed by atoms with van der Waals surface area (Å²) in [5.74, 6) is -1.31. The summed E-state index contributed by atoms with van der Waals surface area (Å²) in [6, 6.07) is 10.3. The van der Waals surface area contributed by atoms with Crippen molar-refractivity contribution in [2.45, 2.75) is 26.7 Å². The molecule has 0 spiro atoms. The van der Waals surface area contributed by atoms with Crippen LogP contribution < -0.4 is 0 Å². The number of hydrogen-bond acceptors (Lipinski definition) is 3. The van der Waals surface area contributed by atoms with Crippen molar-refractivity contribution in [1.29, 1.82) is 0 Å². The van der Waals surface area contributed by atoms with Crippen LogP contribution in [0.2, 0.25) is 0 Å². The van der Waals surface area contributed by atoms with Crippen molar-refractivity contribution in [2.24, 2.45) is 0 Å². The highest BCUT2D eigenvalue weighted by atomic mass is 16.5. The Hall–Kier alpha value is -2.36. The fraction of sp³-hybridized carbons (Fsp3) is 0.294.